The fourth-order valence-corrected chi connectivity index (χ4v) is 3.09. The van der Waals surface area contributed by atoms with Crippen molar-refractivity contribution in [3.05, 3.63) is 54.1 Å². The fourth-order valence-electron chi connectivity index (χ4n) is 3.09. The number of nitriles is 1. The van der Waals surface area contributed by atoms with Gasteiger partial charge in [0.15, 0.2) is 6.61 Å². The van der Waals surface area contributed by atoms with Gasteiger partial charge in [-0.2, -0.15) is 18.4 Å². The van der Waals surface area contributed by atoms with Crippen molar-refractivity contribution >= 4 is 12.1 Å². The molecule has 1 amide bonds. The van der Waals surface area contributed by atoms with Crippen LogP contribution in [-0.2, 0) is 9.53 Å². The minimum atomic E-state index is -4.64. The van der Waals surface area contributed by atoms with E-state index in [1.807, 2.05) is 6.07 Å². The fraction of sp³-hybridized carbons (Fsp3) is 0.286. The maximum Gasteiger partial charge on any atom is 0.422 e. The average Bonchev–Trinajstić information content (AvgIpc) is 3.22. The molecular weight excluding hydrogens is 401 g/mol. The standard InChI is InChI=1S/C21H17F3N2O4/c22-21(23,24)13-29-20(28)26-11-1-2-18(26)19(27)30-17-9-7-16(8-10-17)15-5-3-14(12-25)4-6-15/h3-10,18H,1-2,11,13H2. The van der Waals surface area contributed by atoms with Gasteiger partial charge in [-0.25, -0.2) is 9.59 Å². The molecule has 0 N–H and O–H groups in total. The predicted octanol–water partition coefficient (Wildman–Crippen LogP) is 4.29. The second-order valence-electron chi connectivity index (χ2n) is 6.66. The number of carbonyl (C=O) groups excluding carboxylic acids is 2. The third-order valence-corrected chi connectivity index (χ3v) is 4.54. The van der Waals surface area contributed by atoms with Crippen molar-refractivity contribution in [1.82, 2.24) is 4.90 Å². The number of hydrogen-bond donors (Lipinski definition) is 0. The van der Waals surface area contributed by atoms with Gasteiger partial charge in [-0.15, -0.1) is 0 Å². The van der Waals surface area contributed by atoms with E-state index >= 15 is 0 Å². The van der Waals surface area contributed by atoms with Crippen molar-refractivity contribution in [2.24, 2.45) is 0 Å². The zero-order chi connectivity index (χ0) is 21.7. The first kappa shape index (κ1) is 21.2. The van der Waals surface area contributed by atoms with Gasteiger partial charge in [0.05, 0.1) is 11.6 Å². The van der Waals surface area contributed by atoms with Crippen LogP contribution in [0.4, 0.5) is 18.0 Å². The Hall–Kier alpha value is -3.54. The van der Waals surface area contributed by atoms with Gasteiger partial charge in [0.1, 0.15) is 11.8 Å². The molecule has 2 aromatic rings. The molecule has 1 fully saturated rings. The summed E-state index contributed by atoms with van der Waals surface area (Å²) in [5.74, 6) is -0.490. The number of benzene rings is 2. The van der Waals surface area contributed by atoms with E-state index in [2.05, 4.69) is 4.74 Å². The van der Waals surface area contributed by atoms with E-state index in [9.17, 15) is 22.8 Å². The van der Waals surface area contributed by atoms with Crippen LogP contribution in [0.5, 0.6) is 5.75 Å². The number of halogens is 3. The molecule has 6 nitrogen and oxygen atoms in total. The van der Waals surface area contributed by atoms with E-state index in [1.54, 1.807) is 48.5 Å². The van der Waals surface area contributed by atoms with Gasteiger partial charge in [0.25, 0.3) is 0 Å². The molecule has 30 heavy (non-hydrogen) atoms. The number of esters is 1. The monoisotopic (exact) mass is 418 g/mol. The van der Waals surface area contributed by atoms with E-state index in [0.717, 1.165) is 16.0 Å². The van der Waals surface area contributed by atoms with Crippen LogP contribution in [0.15, 0.2) is 48.5 Å². The molecule has 3 rings (SSSR count). The Labute approximate surface area is 170 Å². The largest absolute Gasteiger partial charge is 0.440 e. The highest BCUT2D eigenvalue weighted by Gasteiger charge is 2.38. The van der Waals surface area contributed by atoms with Gasteiger partial charge in [-0.3, -0.25) is 4.90 Å². The SMILES string of the molecule is N#Cc1ccc(-c2ccc(OC(=O)C3CCCN3C(=O)OCC(F)(F)F)cc2)cc1. The molecule has 2 aromatic carbocycles. The van der Waals surface area contributed by atoms with Gasteiger partial charge >= 0.3 is 18.2 Å². The maximum atomic E-state index is 12.4. The van der Waals surface area contributed by atoms with Gasteiger partial charge in [0.2, 0.25) is 0 Å². The first-order valence-corrected chi connectivity index (χ1v) is 9.09. The van der Waals surface area contributed by atoms with Crippen LogP contribution < -0.4 is 4.74 Å². The molecule has 0 bridgehead atoms. The normalized spacial score (nSPS) is 16.1. The summed E-state index contributed by atoms with van der Waals surface area (Å²) in [4.78, 5) is 25.3. The zero-order valence-electron chi connectivity index (χ0n) is 15.7. The van der Waals surface area contributed by atoms with Crippen LogP contribution in [0, 0.1) is 11.3 Å². The van der Waals surface area contributed by atoms with Gasteiger partial charge < -0.3 is 9.47 Å². The van der Waals surface area contributed by atoms with Crippen molar-refractivity contribution < 1.29 is 32.2 Å². The van der Waals surface area contributed by atoms with Crippen LogP contribution in [0.25, 0.3) is 11.1 Å². The summed E-state index contributed by atoms with van der Waals surface area (Å²) in [5.41, 5.74) is 2.26. The molecule has 0 radical (unpaired) electrons. The summed E-state index contributed by atoms with van der Waals surface area (Å²) in [6, 6.07) is 14.6. The quantitative estimate of drug-likeness (QED) is 0.547. The Morgan fingerprint density at radius 3 is 2.23 bits per heavy atom. The van der Waals surface area contributed by atoms with E-state index in [1.165, 1.54) is 0 Å². The molecule has 9 heteroatoms. The van der Waals surface area contributed by atoms with Gasteiger partial charge in [-0.05, 0) is 48.2 Å². The zero-order valence-corrected chi connectivity index (χ0v) is 15.7. The van der Waals surface area contributed by atoms with Crippen molar-refractivity contribution in [1.29, 1.82) is 5.26 Å². The summed E-state index contributed by atoms with van der Waals surface area (Å²) in [7, 11) is 0. The Morgan fingerprint density at radius 2 is 1.67 bits per heavy atom. The predicted molar refractivity (Wildman–Crippen MR) is 99.4 cm³/mol. The molecule has 0 aliphatic carbocycles. The smallest absolute Gasteiger partial charge is 0.422 e. The number of rotatable bonds is 4. The highest BCUT2D eigenvalue weighted by atomic mass is 19.4. The molecule has 1 heterocycles. The van der Waals surface area contributed by atoms with E-state index < -0.39 is 30.9 Å². The van der Waals surface area contributed by atoms with Gasteiger partial charge in [-0.1, -0.05) is 24.3 Å². The highest BCUT2D eigenvalue weighted by molar-refractivity contribution is 5.83. The topological polar surface area (TPSA) is 79.6 Å². The number of likely N-dealkylation sites (tertiary alicyclic amines) is 1. The van der Waals surface area contributed by atoms with Crippen molar-refractivity contribution in [2.75, 3.05) is 13.2 Å². The summed E-state index contributed by atoms with van der Waals surface area (Å²) in [5, 5.41) is 8.85. The molecule has 1 aliphatic rings. The van der Waals surface area contributed by atoms with Crippen molar-refractivity contribution in [3.63, 3.8) is 0 Å². The van der Waals surface area contributed by atoms with E-state index in [-0.39, 0.29) is 18.7 Å². The third-order valence-electron chi connectivity index (χ3n) is 4.54. The molecular formula is C21H17F3N2O4. The Balaban J connectivity index is 1.62. The third kappa shape index (κ3) is 5.29. The summed E-state index contributed by atoms with van der Waals surface area (Å²) in [6.07, 6.45) is -5.09. The summed E-state index contributed by atoms with van der Waals surface area (Å²) in [6.45, 7) is -1.59. The molecule has 1 aliphatic heterocycles. The van der Waals surface area contributed by atoms with Crippen molar-refractivity contribution in [2.45, 2.75) is 25.1 Å². The lowest BCUT2D eigenvalue weighted by atomic mass is 10.0. The van der Waals surface area contributed by atoms with Crippen LogP contribution in [0.2, 0.25) is 0 Å². The molecule has 0 aromatic heterocycles. The van der Waals surface area contributed by atoms with Crippen molar-refractivity contribution in [3.8, 4) is 22.9 Å². The van der Waals surface area contributed by atoms with Crippen LogP contribution in [0.1, 0.15) is 18.4 Å². The number of ether oxygens (including phenoxy) is 2. The van der Waals surface area contributed by atoms with Crippen LogP contribution >= 0.6 is 0 Å². The Morgan fingerprint density at radius 1 is 1.07 bits per heavy atom. The van der Waals surface area contributed by atoms with Crippen LogP contribution in [0.3, 0.4) is 0 Å². The van der Waals surface area contributed by atoms with Gasteiger partial charge in [0, 0.05) is 6.54 Å². The van der Waals surface area contributed by atoms with E-state index in [4.69, 9.17) is 10.00 Å². The first-order valence-electron chi connectivity index (χ1n) is 9.09. The molecule has 0 spiro atoms. The first-order chi connectivity index (χ1) is 14.3. The number of carbonyl (C=O) groups is 2. The minimum absolute atomic E-state index is 0.119. The molecule has 0 saturated carbocycles. The van der Waals surface area contributed by atoms with E-state index in [0.29, 0.717) is 12.0 Å². The lowest BCUT2D eigenvalue weighted by molar-refractivity contribution is -0.163. The Bertz CT molecular complexity index is 950. The Kier molecular flexibility index (Phi) is 6.26. The average molecular weight is 418 g/mol. The lowest BCUT2D eigenvalue weighted by Crippen LogP contribution is -2.43. The summed E-state index contributed by atoms with van der Waals surface area (Å²) >= 11 is 0. The number of amides is 1. The maximum absolute atomic E-state index is 12.4. The second-order valence-corrected chi connectivity index (χ2v) is 6.66. The lowest BCUT2D eigenvalue weighted by Gasteiger charge is -2.22. The molecule has 1 saturated heterocycles. The second kappa shape index (κ2) is 8.86. The summed E-state index contributed by atoms with van der Waals surface area (Å²) < 4.78 is 46.2. The van der Waals surface area contributed by atoms with Crippen LogP contribution in [-0.4, -0.2) is 42.3 Å². The molecule has 1 unspecified atom stereocenters. The number of nitrogens with zero attached hydrogens (tertiary/aromatic N) is 2. The highest BCUT2D eigenvalue weighted by Crippen LogP contribution is 2.25. The molecule has 156 valence electrons. The minimum Gasteiger partial charge on any atom is -0.440 e. The number of alkyl halides is 3. The number of hydrogen-bond acceptors (Lipinski definition) is 5. The molecule has 1 atom stereocenters.